The van der Waals surface area contributed by atoms with Crippen LogP contribution in [0.1, 0.15) is 45.2 Å². The molecule has 162 valence electrons. The van der Waals surface area contributed by atoms with Crippen molar-refractivity contribution in [3.8, 4) is 5.75 Å². The van der Waals surface area contributed by atoms with E-state index in [2.05, 4.69) is 28.2 Å². The zero-order valence-corrected chi connectivity index (χ0v) is 19.7. The summed E-state index contributed by atoms with van der Waals surface area (Å²) in [6, 6.07) is 14.9. The maximum Gasteiger partial charge on any atom is 0.261 e. The van der Waals surface area contributed by atoms with Crippen molar-refractivity contribution in [2.45, 2.75) is 59.2 Å². The van der Waals surface area contributed by atoms with Crippen molar-refractivity contribution >= 4 is 27.7 Å². The van der Waals surface area contributed by atoms with E-state index in [1.807, 2.05) is 62.4 Å². The minimum absolute atomic E-state index is 0.0536. The van der Waals surface area contributed by atoms with E-state index >= 15 is 0 Å². The lowest BCUT2D eigenvalue weighted by Gasteiger charge is -2.29. The highest BCUT2D eigenvalue weighted by Crippen LogP contribution is 2.26. The molecule has 0 aliphatic carbocycles. The standard InChI is InChI=1S/C24H31BrN2O3/c1-5-17(3)26-24(29)18(4)27(15-20-10-8-7-9-11-20)23(28)16-30-22-13-12-19(6-2)14-21(22)25/h7-14,17-18H,5-6,15-16H2,1-4H3,(H,26,29)/t17-,18+/m0/s1. The lowest BCUT2D eigenvalue weighted by atomic mass is 10.1. The van der Waals surface area contributed by atoms with Crippen molar-refractivity contribution < 1.29 is 14.3 Å². The smallest absolute Gasteiger partial charge is 0.261 e. The Bertz CT molecular complexity index is 842. The van der Waals surface area contributed by atoms with Crippen LogP contribution in [0.25, 0.3) is 0 Å². The Morgan fingerprint density at radius 2 is 1.77 bits per heavy atom. The van der Waals surface area contributed by atoms with Crippen LogP contribution in [0.3, 0.4) is 0 Å². The van der Waals surface area contributed by atoms with Crippen LogP contribution in [0, 0.1) is 0 Å². The molecule has 0 unspecified atom stereocenters. The molecule has 30 heavy (non-hydrogen) atoms. The van der Waals surface area contributed by atoms with Crippen molar-refractivity contribution in [2.24, 2.45) is 0 Å². The number of rotatable bonds is 10. The van der Waals surface area contributed by atoms with E-state index in [9.17, 15) is 9.59 Å². The van der Waals surface area contributed by atoms with E-state index in [0.29, 0.717) is 12.3 Å². The SMILES string of the molecule is CCc1ccc(OCC(=O)N(Cc2ccccc2)[C@H](C)C(=O)N[C@@H](C)CC)c(Br)c1. The Labute approximate surface area is 187 Å². The molecule has 2 aromatic rings. The second-order valence-electron chi connectivity index (χ2n) is 7.41. The number of hydrogen-bond donors (Lipinski definition) is 1. The molecule has 0 heterocycles. The summed E-state index contributed by atoms with van der Waals surface area (Å²) < 4.78 is 6.59. The third kappa shape index (κ3) is 6.87. The van der Waals surface area contributed by atoms with Crippen molar-refractivity contribution in [1.29, 1.82) is 0 Å². The van der Waals surface area contributed by atoms with Crippen molar-refractivity contribution in [3.05, 3.63) is 64.1 Å². The molecule has 1 N–H and O–H groups in total. The van der Waals surface area contributed by atoms with Crippen LogP contribution in [0.5, 0.6) is 5.75 Å². The Morgan fingerprint density at radius 1 is 1.07 bits per heavy atom. The maximum absolute atomic E-state index is 13.1. The summed E-state index contributed by atoms with van der Waals surface area (Å²) in [6.45, 7) is 8.00. The van der Waals surface area contributed by atoms with Crippen LogP contribution >= 0.6 is 15.9 Å². The van der Waals surface area contributed by atoms with Crippen LogP contribution in [-0.2, 0) is 22.6 Å². The summed E-state index contributed by atoms with van der Waals surface area (Å²) >= 11 is 3.50. The number of carbonyl (C=O) groups is 2. The minimum atomic E-state index is -0.610. The quantitative estimate of drug-likeness (QED) is 0.541. The molecule has 0 saturated carbocycles. The lowest BCUT2D eigenvalue weighted by molar-refractivity contribution is -0.142. The Hall–Kier alpha value is -2.34. The van der Waals surface area contributed by atoms with Gasteiger partial charge >= 0.3 is 0 Å². The van der Waals surface area contributed by atoms with Gasteiger partial charge in [0.25, 0.3) is 5.91 Å². The van der Waals surface area contributed by atoms with Gasteiger partial charge in [-0.1, -0.05) is 50.2 Å². The Balaban J connectivity index is 2.14. The number of carbonyl (C=O) groups excluding carboxylic acids is 2. The minimum Gasteiger partial charge on any atom is -0.483 e. The molecule has 6 heteroatoms. The van der Waals surface area contributed by atoms with Crippen LogP contribution in [0.2, 0.25) is 0 Å². The molecule has 0 spiro atoms. The van der Waals surface area contributed by atoms with Crippen LogP contribution in [0.15, 0.2) is 53.0 Å². The molecule has 0 aliphatic rings. The monoisotopic (exact) mass is 474 g/mol. The fourth-order valence-electron chi connectivity index (χ4n) is 2.93. The predicted octanol–water partition coefficient (Wildman–Crippen LogP) is 4.72. The van der Waals surface area contributed by atoms with E-state index in [0.717, 1.165) is 22.9 Å². The number of nitrogens with one attached hydrogen (secondary N) is 1. The Morgan fingerprint density at radius 3 is 2.37 bits per heavy atom. The molecule has 2 amide bonds. The molecule has 0 fully saturated rings. The highest BCUT2D eigenvalue weighted by atomic mass is 79.9. The van der Waals surface area contributed by atoms with Gasteiger partial charge < -0.3 is 15.0 Å². The first-order valence-electron chi connectivity index (χ1n) is 10.4. The second-order valence-corrected chi connectivity index (χ2v) is 8.26. The molecule has 2 atom stereocenters. The third-order valence-corrected chi connectivity index (χ3v) is 5.74. The second kappa shape index (κ2) is 11.7. The fourth-order valence-corrected chi connectivity index (χ4v) is 3.47. The van der Waals surface area contributed by atoms with Gasteiger partial charge in [0, 0.05) is 12.6 Å². The maximum atomic E-state index is 13.1. The van der Waals surface area contributed by atoms with Crippen LogP contribution in [0.4, 0.5) is 0 Å². The zero-order chi connectivity index (χ0) is 22.1. The normalized spacial score (nSPS) is 12.7. The number of hydrogen-bond acceptors (Lipinski definition) is 3. The zero-order valence-electron chi connectivity index (χ0n) is 18.2. The van der Waals surface area contributed by atoms with Crippen molar-refractivity contribution in [2.75, 3.05) is 6.61 Å². The summed E-state index contributed by atoms with van der Waals surface area (Å²) in [5.41, 5.74) is 2.14. The van der Waals surface area contributed by atoms with E-state index in [-0.39, 0.29) is 24.5 Å². The highest BCUT2D eigenvalue weighted by Gasteiger charge is 2.27. The van der Waals surface area contributed by atoms with Crippen molar-refractivity contribution in [3.63, 3.8) is 0 Å². The number of benzene rings is 2. The summed E-state index contributed by atoms with van der Waals surface area (Å²) in [4.78, 5) is 27.3. The third-order valence-electron chi connectivity index (χ3n) is 5.12. The van der Waals surface area contributed by atoms with E-state index in [1.54, 1.807) is 11.8 Å². The van der Waals surface area contributed by atoms with E-state index in [4.69, 9.17) is 4.74 Å². The van der Waals surface area contributed by atoms with Gasteiger partial charge in [-0.3, -0.25) is 9.59 Å². The molecule has 0 saturated heterocycles. The van der Waals surface area contributed by atoms with Crippen LogP contribution < -0.4 is 10.1 Å². The van der Waals surface area contributed by atoms with Crippen LogP contribution in [-0.4, -0.2) is 35.4 Å². The van der Waals surface area contributed by atoms with Gasteiger partial charge in [0.1, 0.15) is 11.8 Å². The van der Waals surface area contributed by atoms with Gasteiger partial charge in [0.2, 0.25) is 5.91 Å². The van der Waals surface area contributed by atoms with Gasteiger partial charge in [-0.05, 0) is 65.9 Å². The van der Waals surface area contributed by atoms with Gasteiger partial charge in [-0.2, -0.15) is 0 Å². The predicted molar refractivity (Wildman–Crippen MR) is 123 cm³/mol. The number of amides is 2. The first-order valence-corrected chi connectivity index (χ1v) is 11.2. The fraction of sp³-hybridized carbons (Fsp3) is 0.417. The average molecular weight is 475 g/mol. The van der Waals surface area contributed by atoms with E-state index in [1.165, 1.54) is 5.56 Å². The molecule has 5 nitrogen and oxygen atoms in total. The molecule has 0 aliphatic heterocycles. The molecular weight excluding hydrogens is 444 g/mol. The highest BCUT2D eigenvalue weighted by molar-refractivity contribution is 9.10. The molecule has 2 rings (SSSR count). The topological polar surface area (TPSA) is 58.6 Å². The van der Waals surface area contributed by atoms with Gasteiger partial charge in [0.05, 0.1) is 4.47 Å². The summed E-state index contributed by atoms with van der Waals surface area (Å²) in [5, 5.41) is 2.96. The number of halogens is 1. The Kier molecular flexibility index (Phi) is 9.37. The summed E-state index contributed by atoms with van der Waals surface area (Å²) in [6.07, 6.45) is 1.75. The average Bonchev–Trinajstić information content (AvgIpc) is 2.76. The largest absolute Gasteiger partial charge is 0.483 e. The van der Waals surface area contributed by atoms with Gasteiger partial charge in [-0.15, -0.1) is 0 Å². The molecule has 2 aromatic carbocycles. The number of aryl methyl sites for hydroxylation is 1. The van der Waals surface area contributed by atoms with Crippen molar-refractivity contribution in [1.82, 2.24) is 10.2 Å². The van der Waals surface area contributed by atoms with Gasteiger partial charge in [-0.25, -0.2) is 0 Å². The number of ether oxygens (including phenoxy) is 1. The molecular formula is C24H31BrN2O3. The summed E-state index contributed by atoms with van der Waals surface area (Å²) in [5.74, 6) is 0.205. The summed E-state index contributed by atoms with van der Waals surface area (Å²) in [7, 11) is 0. The van der Waals surface area contributed by atoms with E-state index < -0.39 is 6.04 Å². The first kappa shape index (κ1) is 23.9. The lowest BCUT2D eigenvalue weighted by Crippen LogP contribution is -2.50. The molecule has 0 bridgehead atoms. The number of nitrogens with zero attached hydrogens (tertiary/aromatic N) is 1. The molecule has 0 radical (unpaired) electrons. The molecule has 0 aromatic heterocycles. The first-order chi connectivity index (χ1) is 14.3. The van der Waals surface area contributed by atoms with Gasteiger partial charge in [0.15, 0.2) is 6.61 Å².